The molecule has 6 heteroatoms. The zero-order valence-corrected chi connectivity index (χ0v) is 10.4. The zero-order valence-electron chi connectivity index (χ0n) is 10.4. The molecule has 0 saturated carbocycles. The van der Waals surface area contributed by atoms with E-state index in [0.717, 1.165) is 17.0 Å². The Morgan fingerprint density at radius 3 is 2.47 bits per heavy atom. The predicted octanol–water partition coefficient (Wildman–Crippen LogP) is 1.18. The van der Waals surface area contributed by atoms with E-state index in [-0.39, 0.29) is 0 Å². The van der Waals surface area contributed by atoms with Crippen LogP contribution in [0.25, 0.3) is 5.82 Å². The normalized spacial score (nSPS) is 10.6. The van der Waals surface area contributed by atoms with Crippen molar-refractivity contribution in [3.8, 4) is 11.6 Å². The van der Waals surface area contributed by atoms with Crippen LogP contribution in [0.3, 0.4) is 0 Å². The number of hydrogen-bond donors (Lipinski definition) is 1. The largest absolute Gasteiger partial charge is 0.490 e. The first-order valence-electron chi connectivity index (χ1n) is 5.24. The second-order valence-electron chi connectivity index (χ2n) is 3.82. The molecule has 0 atom stereocenters. The molecule has 2 heterocycles. The first kappa shape index (κ1) is 11.4. The van der Waals surface area contributed by atoms with Gasteiger partial charge in [0.2, 0.25) is 11.6 Å². The van der Waals surface area contributed by atoms with Gasteiger partial charge in [0.05, 0.1) is 12.8 Å². The predicted molar refractivity (Wildman–Crippen MR) is 64.3 cm³/mol. The van der Waals surface area contributed by atoms with Gasteiger partial charge in [-0.3, -0.25) is 0 Å². The molecule has 0 fully saturated rings. The molecule has 2 aromatic heterocycles. The summed E-state index contributed by atoms with van der Waals surface area (Å²) in [5.74, 6) is 1.31. The molecule has 0 aliphatic rings. The van der Waals surface area contributed by atoms with Crippen LogP contribution < -0.4 is 10.5 Å². The summed E-state index contributed by atoms with van der Waals surface area (Å²) in [4.78, 5) is 8.08. The van der Waals surface area contributed by atoms with Crippen LogP contribution in [0.1, 0.15) is 17.0 Å². The number of anilines is 1. The molecular weight excluding hydrogens is 218 g/mol. The molecule has 0 aliphatic heterocycles. The molecule has 0 saturated heterocycles. The van der Waals surface area contributed by atoms with Crippen LogP contribution in [0.4, 0.5) is 5.82 Å². The van der Waals surface area contributed by atoms with Gasteiger partial charge in [-0.05, 0) is 26.3 Å². The van der Waals surface area contributed by atoms with Crippen LogP contribution in [0, 0.1) is 20.8 Å². The van der Waals surface area contributed by atoms with Crippen LogP contribution in [0.2, 0.25) is 0 Å². The molecule has 0 bridgehead atoms. The number of hydrogen-bond acceptors (Lipinski definition) is 5. The summed E-state index contributed by atoms with van der Waals surface area (Å²) in [7, 11) is 1.54. The highest BCUT2D eigenvalue weighted by Gasteiger charge is 2.16. The van der Waals surface area contributed by atoms with Crippen LogP contribution in [-0.4, -0.2) is 26.9 Å². The second kappa shape index (κ2) is 4.04. The van der Waals surface area contributed by atoms with E-state index in [1.807, 2.05) is 20.8 Å². The Labute approximate surface area is 99.4 Å². The highest BCUT2D eigenvalue weighted by atomic mass is 16.5. The first-order valence-corrected chi connectivity index (χ1v) is 5.24. The van der Waals surface area contributed by atoms with E-state index >= 15 is 0 Å². The summed E-state index contributed by atoms with van der Waals surface area (Å²) in [6.45, 7) is 5.95. The first-order chi connectivity index (χ1) is 8.06. The van der Waals surface area contributed by atoms with E-state index in [4.69, 9.17) is 10.5 Å². The van der Waals surface area contributed by atoms with Gasteiger partial charge in [-0.1, -0.05) is 0 Å². The average Bonchev–Trinajstić information content (AvgIpc) is 2.56. The van der Waals surface area contributed by atoms with E-state index in [0.29, 0.717) is 17.4 Å². The fourth-order valence-electron chi connectivity index (χ4n) is 1.65. The lowest BCUT2D eigenvalue weighted by atomic mass is 10.2. The van der Waals surface area contributed by atoms with Gasteiger partial charge >= 0.3 is 0 Å². The number of nitrogen functional groups attached to an aromatic ring is 1. The van der Waals surface area contributed by atoms with Gasteiger partial charge in [-0.25, -0.2) is 14.6 Å². The topological polar surface area (TPSA) is 78.9 Å². The lowest BCUT2D eigenvalue weighted by Gasteiger charge is -2.10. The van der Waals surface area contributed by atoms with Crippen LogP contribution in [-0.2, 0) is 0 Å². The van der Waals surface area contributed by atoms with Crippen molar-refractivity contribution in [3.05, 3.63) is 23.3 Å². The number of aromatic nitrogens is 4. The van der Waals surface area contributed by atoms with Gasteiger partial charge in [-0.2, -0.15) is 5.10 Å². The van der Waals surface area contributed by atoms with E-state index in [1.54, 1.807) is 4.68 Å². The van der Waals surface area contributed by atoms with Crippen LogP contribution in [0.5, 0.6) is 5.75 Å². The summed E-state index contributed by atoms with van der Waals surface area (Å²) in [5.41, 5.74) is 8.85. The lowest BCUT2D eigenvalue weighted by molar-refractivity contribution is 0.409. The molecule has 0 amide bonds. The second-order valence-corrected chi connectivity index (χ2v) is 3.82. The third kappa shape index (κ3) is 1.71. The van der Waals surface area contributed by atoms with E-state index < -0.39 is 0 Å². The van der Waals surface area contributed by atoms with Crippen molar-refractivity contribution in [1.82, 2.24) is 19.7 Å². The summed E-state index contributed by atoms with van der Waals surface area (Å²) in [6, 6.07) is 0. The van der Waals surface area contributed by atoms with Gasteiger partial charge in [-0.15, -0.1) is 0 Å². The Morgan fingerprint density at radius 1 is 1.24 bits per heavy atom. The van der Waals surface area contributed by atoms with Crippen molar-refractivity contribution in [2.75, 3.05) is 12.8 Å². The fourth-order valence-corrected chi connectivity index (χ4v) is 1.65. The SMILES string of the molecule is COc1c(N)ncnc1-n1nc(C)c(C)c1C. The minimum Gasteiger partial charge on any atom is -0.490 e. The molecule has 0 aromatic carbocycles. The molecule has 2 aromatic rings. The highest BCUT2D eigenvalue weighted by Crippen LogP contribution is 2.27. The molecule has 2 N–H and O–H groups in total. The number of ether oxygens (including phenoxy) is 1. The third-order valence-electron chi connectivity index (χ3n) is 2.87. The summed E-state index contributed by atoms with van der Waals surface area (Å²) >= 11 is 0. The van der Waals surface area contributed by atoms with Gasteiger partial charge < -0.3 is 10.5 Å². The Balaban J connectivity index is 2.68. The van der Waals surface area contributed by atoms with Crippen molar-refractivity contribution >= 4 is 5.82 Å². The Morgan fingerprint density at radius 2 is 1.94 bits per heavy atom. The van der Waals surface area contributed by atoms with Crippen molar-refractivity contribution in [2.24, 2.45) is 0 Å². The average molecular weight is 233 g/mol. The van der Waals surface area contributed by atoms with Crippen molar-refractivity contribution in [2.45, 2.75) is 20.8 Å². The molecule has 0 aliphatic carbocycles. The number of nitrogens with two attached hydrogens (primary N) is 1. The van der Waals surface area contributed by atoms with Crippen molar-refractivity contribution in [3.63, 3.8) is 0 Å². The third-order valence-corrected chi connectivity index (χ3v) is 2.87. The maximum Gasteiger partial charge on any atom is 0.206 e. The molecule has 0 spiro atoms. The smallest absolute Gasteiger partial charge is 0.206 e. The summed E-state index contributed by atoms with van der Waals surface area (Å²) < 4.78 is 6.95. The Hall–Kier alpha value is -2.11. The van der Waals surface area contributed by atoms with Gasteiger partial charge in [0, 0.05) is 5.69 Å². The van der Waals surface area contributed by atoms with Crippen LogP contribution >= 0.6 is 0 Å². The molecule has 2 rings (SSSR count). The van der Waals surface area contributed by atoms with Gasteiger partial charge in [0.15, 0.2) is 5.82 Å². The summed E-state index contributed by atoms with van der Waals surface area (Å²) in [5, 5.41) is 4.42. The van der Waals surface area contributed by atoms with Gasteiger partial charge in [0.25, 0.3) is 0 Å². The molecule has 90 valence electrons. The molecule has 0 radical (unpaired) electrons. The van der Waals surface area contributed by atoms with E-state index in [2.05, 4.69) is 15.1 Å². The van der Waals surface area contributed by atoms with E-state index in [9.17, 15) is 0 Å². The lowest BCUT2D eigenvalue weighted by Crippen LogP contribution is -2.08. The number of nitrogens with zero attached hydrogens (tertiary/aromatic N) is 4. The highest BCUT2D eigenvalue weighted by molar-refractivity contribution is 5.55. The van der Waals surface area contributed by atoms with Crippen LogP contribution in [0.15, 0.2) is 6.33 Å². The maximum atomic E-state index is 5.75. The van der Waals surface area contributed by atoms with Gasteiger partial charge in [0.1, 0.15) is 6.33 Å². The molecule has 17 heavy (non-hydrogen) atoms. The zero-order chi connectivity index (χ0) is 12.6. The maximum absolute atomic E-state index is 5.75. The molecular formula is C11H15N5O. The minimum atomic E-state index is 0.308. The minimum absolute atomic E-state index is 0.308. The van der Waals surface area contributed by atoms with Crippen molar-refractivity contribution < 1.29 is 4.74 Å². The molecule has 0 unspecified atom stereocenters. The Bertz CT molecular complexity index is 561. The standard InChI is InChI=1S/C11H15N5O/c1-6-7(2)15-16(8(6)3)11-9(17-4)10(12)13-5-14-11/h5H,1-4H3,(H2,12,13,14). The number of aryl methyl sites for hydroxylation is 1. The Kier molecular flexibility index (Phi) is 2.71. The van der Waals surface area contributed by atoms with Crippen molar-refractivity contribution in [1.29, 1.82) is 0 Å². The van der Waals surface area contributed by atoms with E-state index in [1.165, 1.54) is 13.4 Å². The summed E-state index contributed by atoms with van der Waals surface area (Å²) in [6.07, 6.45) is 1.40. The quantitative estimate of drug-likeness (QED) is 0.842. The fraction of sp³-hybridized carbons (Fsp3) is 0.364. The number of rotatable bonds is 2. The number of methoxy groups -OCH3 is 1. The monoisotopic (exact) mass is 233 g/mol. The molecule has 6 nitrogen and oxygen atoms in total.